The standard InChI is InChI=1S/C8H5Br2FO2/c9-3-4-1-7(11)5(8(12)13)2-6(4)10/h1-2H,3H2,(H,12,13). The van der Waals surface area contributed by atoms with E-state index < -0.39 is 11.8 Å². The molecule has 13 heavy (non-hydrogen) atoms. The van der Waals surface area contributed by atoms with Gasteiger partial charge in [0.05, 0.1) is 5.56 Å². The Hall–Kier alpha value is -0.420. The number of halogens is 3. The molecule has 0 fully saturated rings. The molecule has 0 aromatic heterocycles. The van der Waals surface area contributed by atoms with Crippen LogP contribution in [0.4, 0.5) is 4.39 Å². The highest BCUT2D eigenvalue weighted by atomic mass is 79.9. The predicted molar refractivity (Wildman–Crippen MR) is 53.7 cm³/mol. The highest BCUT2D eigenvalue weighted by Crippen LogP contribution is 2.23. The van der Waals surface area contributed by atoms with Gasteiger partial charge in [-0.15, -0.1) is 0 Å². The maximum atomic E-state index is 13.0. The Bertz CT molecular complexity index is 352. The van der Waals surface area contributed by atoms with Crippen molar-refractivity contribution in [2.75, 3.05) is 0 Å². The molecule has 0 spiro atoms. The summed E-state index contributed by atoms with van der Waals surface area (Å²) in [6.07, 6.45) is 0. The lowest BCUT2D eigenvalue weighted by Gasteiger charge is -2.03. The van der Waals surface area contributed by atoms with Crippen LogP contribution in [-0.4, -0.2) is 11.1 Å². The van der Waals surface area contributed by atoms with Gasteiger partial charge in [-0.3, -0.25) is 0 Å². The topological polar surface area (TPSA) is 37.3 Å². The SMILES string of the molecule is O=C(O)c1cc(Br)c(CBr)cc1F. The Labute approximate surface area is 91.0 Å². The van der Waals surface area contributed by atoms with Crippen LogP contribution in [0.5, 0.6) is 0 Å². The van der Waals surface area contributed by atoms with Gasteiger partial charge in [0.1, 0.15) is 5.82 Å². The van der Waals surface area contributed by atoms with Crippen molar-refractivity contribution in [3.05, 3.63) is 33.5 Å². The number of hydrogen-bond donors (Lipinski definition) is 1. The van der Waals surface area contributed by atoms with Gasteiger partial charge in [-0.25, -0.2) is 9.18 Å². The van der Waals surface area contributed by atoms with Crippen molar-refractivity contribution in [2.24, 2.45) is 0 Å². The van der Waals surface area contributed by atoms with E-state index in [-0.39, 0.29) is 5.56 Å². The van der Waals surface area contributed by atoms with Gasteiger partial charge in [0.15, 0.2) is 0 Å². The highest BCUT2D eigenvalue weighted by molar-refractivity contribution is 9.10. The van der Waals surface area contributed by atoms with Gasteiger partial charge in [0.25, 0.3) is 0 Å². The van der Waals surface area contributed by atoms with Crippen molar-refractivity contribution >= 4 is 37.8 Å². The lowest BCUT2D eigenvalue weighted by atomic mass is 10.1. The summed E-state index contributed by atoms with van der Waals surface area (Å²) in [5.41, 5.74) is 0.360. The van der Waals surface area contributed by atoms with Crippen molar-refractivity contribution in [1.29, 1.82) is 0 Å². The minimum absolute atomic E-state index is 0.323. The molecule has 0 aliphatic carbocycles. The highest BCUT2D eigenvalue weighted by Gasteiger charge is 2.12. The normalized spacial score (nSPS) is 10.1. The summed E-state index contributed by atoms with van der Waals surface area (Å²) >= 11 is 6.31. The predicted octanol–water partition coefficient (Wildman–Crippen LogP) is 3.18. The second-order valence-electron chi connectivity index (χ2n) is 2.36. The second-order valence-corrected chi connectivity index (χ2v) is 3.78. The summed E-state index contributed by atoms with van der Waals surface area (Å²) < 4.78 is 13.6. The van der Waals surface area contributed by atoms with Crippen LogP contribution < -0.4 is 0 Å². The number of carboxylic acid groups (broad SMARTS) is 1. The van der Waals surface area contributed by atoms with Gasteiger partial charge in [-0.2, -0.15) is 0 Å². The van der Waals surface area contributed by atoms with Crippen LogP contribution >= 0.6 is 31.9 Å². The Kier molecular flexibility index (Phi) is 3.44. The largest absolute Gasteiger partial charge is 0.478 e. The number of carbonyl (C=O) groups is 1. The Morgan fingerprint density at radius 2 is 2.15 bits per heavy atom. The first kappa shape index (κ1) is 10.7. The fourth-order valence-corrected chi connectivity index (χ4v) is 2.18. The van der Waals surface area contributed by atoms with Crippen molar-refractivity contribution < 1.29 is 14.3 Å². The molecule has 1 aromatic rings. The van der Waals surface area contributed by atoms with Gasteiger partial charge >= 0.3 is 5.97 Å². The molecule has 0 atom stereocenters. The lowest BCUT2D eigenvalue weighted by Crippen LogP contribution is -2.01. The molecule has 0 unspecified atom stereocenters. The number of alkyl halides is 1. The van der Waals surface area contributed by atoms with E-state index in [9.17, 15) is 9.18 Å². The van der Waals surface area contributed by atoms with Gasteiger partial charge < -0.3 is 5.11 Å². The van der Waals surface area contributed by atoms with E-state index >= 15 is 0 Å². The smallest absolute Gasteiger partial charge is 0.338 e. The minimum atomic E-state index is -1.26. The molecule has 70 valence electrons. The van der Waals surface area contributed by atoms with Crippen LogP contribution in [0.3, 0.4) is 0 Å². The average molecular weight is 312 g/mol. The molecule has 0 aliphatic heterocycles. The molecule has 1 rings (SSSR count). The monoisotopic (exact) mass is 310 g/mol. The van der Waals surface area contributed by atoms with E-state index in [0.29, 0.717) is 15.4 Å². The molecule has 2 nitrogen and oxygen atoms in total. The van der Waals surface area contributed by atoms with E-state index in [2.05, 4.69) is 31.9 Å². The zero-order chi connectivity index (χ0) is 10.0. The summed E-state index contributed by atoms with van der Waals surface area (Å²) in [5, 5.41) is 9.06. The summed E-state index contributed by atoms with van der Waals surface area (Å²) in [4.78, 5) is 10.5. The fourth-order valence-electron chi connectivity index (χ4n) is 0.854. The number of aromatic carboxylic acids is 1. The van der Waals surface area contributed by atoms with Crippen LogP contribution in [0, 0.1) is 5.82 Å². The van der Waals surface area contributed by atoms with Crippen molar-refractivity contribution in [3.8, 4) is 0 Å². The Morgan fingerprint density at radius 3 is 2.62 bits per heavy atom. The zero-order valence-electron chi connectivity index (χ0n) is 6.35. The molecule has 1 N–H and O–H groups in total. The van der Waals surface area contributed by atoms with Gasteiger partial charge in [-0.05, 0) is 17.7 Å². The average Bonchev–Trinajstić information content (AvgIpc) is 2.07. The Morgan fingerprint density at radius 1 is 1.54 bits per heavy atom. The molecule has 0 saturated heterocycles. The summed E-state index contributed by atoms with van der Waals surface area (Å²) in [5.74, 6) is -1.98. The number of carboxylic acids is 1. The van der Waals surface area contributed by atoms with E-state index in [1.807, 2.05) is 0 Å². The Balaban J connectivity index is 3.28. The minimum Gasteiger partial charge on any atom is -0.478 e. The number of benzene rings is 1. The van der Waals surface area contributed by atoms with Crippen molar-refractivity contribution in [2.45, 2.75) is 5.33 Å². The first-order valence-corrected chi connectivity index (χ1v) is 5.25. The molecule has 0 aliphatic rings. The maximum absolute atomic E-state index is 13.0. The zero-order valence-corrected chi connectivity index (χ0v) is 9.52. The van der Waals surface area contributed by atoms with Crippen LogP contribution in [-0.2, 0) is 5.33 Å². The number of hydrogen-bond acceptors (Lipinski definition) is 1. The fraction of sp³-hybridized carbons (Fsp3) is 0.125. The van der Waals surface area contributed by atoms with Crippen LogP contribution in [0.1, 0.15) is 15.9 Å². The first-order chi connectivity index (χ1) is 6.06. The molecule has 0 heterocycles. The first-order valence-electron chi connectivity index (χ1n) is 3.33. The van der Waals surface area contributed by atoms with Crippen LogP contribution in [0.25, 0.3) is 0 Å². The quantitative estimate of drug-likeness (QED) is 0.852. The van der Waals surface area contributed by atoms with E-state index in [1.54, 1.807) is 0 Å². The van der Waals surface area contributed by atoms with Gasteiger partial charge in [0, 0.05) is 9.80 Å². The molecular formula is C8H5Br2FO2. The third kappa shape index (κ3) is 2.28. The molecule has 5 heteroatoms. The van der Waals surface area contributed by atoms with E-state index in [4.69, 9.17) is 5.11 Å². The summed E-state index contributed by atoms with van der Waals surface area (Å²) in [6.45, 7) is 0. The van der Waals surface area contributed by atoms with E-state index in [0.717, 1.165) is 0 Å². The molecule has 0 bridgehead atoms. The van der Waals surface area contributed by atoms with Crippen molar-refractivity contribution in [3.63, 3.8) is 0 Å². The third-order valence-corrected chi connectivity index (χ3v) is 2.85. The van der Waals surface area contributed by atoms with Crippen LogP contribution in [0.2, 0.25) is 0 Å². The molecular weight excluding hydrogens is 307 g/mol. The molecule has 0 amide bonds. The maximum Gasteiger partial charge on any atom is 0.338 e. The van der Waals surface area contributed by atoms with Gasteiger partial charge in [0.2, 0.25) is 0 Å². The molecule has 0 saturated carbocycles. The van der Waals surface area contributed by atoms with Crippen molar-refractivity contribution in [1.82, 2.24) is 0 Å². The second kappa shape index (κ2) is 4.19. The summed E-state index contributed by atoms with van der Waals surface area (Å²) in [7, 11) is 0. The lowest BCUT2D eigenvalue weighted by molar-refractivity contribution is 0.0692. The molecule has 0 radical (unpaired) electrons. The van der Waals surface area contributed by atoms with Crippen LogP contribution in [0.15, 0.2) is 16.6 Å². The summed E-state index contributed by atoms with van der Waals surface area (Å²) in [6, 6.07) is 2.45. The third-order valence-electron chi connectivity index (χ3n) is 1.51. The number of rotatable bonds is 2. The van der Waals surface area contributed by atoms with E-state index in [1.165, 1.54) is 12.1 Å². The molecule has 1 aromatic carbocycles. The van der Waals surface area contributed by atoms with Gasteiger partial charge in [-0.1, -0.05) is 31.9 Å².